The van der Waals surface area contributed by atoms with Crippen molar-refractivity contribution in [3.05, 3.63) is 34.9 Å². The van der Waals surface area contributed by atoms with Crippen molar-refractivity contribution in [2.45, 2.75) is 45.3 Å². The molecule has 1 unspecified atom stereocenters. The number of fused-ring (bicyclic) bond motifs is 1. The number of amides is 1. The van der Waals surface area contributed by atoms with Crippen molar-refractivity contribution in [3.63, 3.8) is 0 Å². The Morgan fingerprint density at radius 3 is 2.75 bits per heavy atom. The minimum atomic E-state index is -0.499. The molecular formula is C16H20N2O2. The van der Waals surface area contributed by atoms with E-state index in [-0.39, 0.29) is 12.1 Å². The lowest BCUT2D eigenvalue weighted by Gasteiger charge is -2.29. The summed E-state index contributed by atoms with van der Waals surface area (Å²) in [6.45, 7) is 5.57. The van der Waals surface area contributed by atoms with E-state index in [0.29, 0.717) is 5.56 Å². The Morgan fingerprint density at radius 1 is 1.45 bits per heavy atom. The standard InChI is InChI=1S/C16H20N2O2/c1-16(2,3)20-15(19)18(4)14-9-8-12-11(10-17)6-5-7-13(12)14/h5-7,14H,8-9H2,1-4H3. The second-order valence-corrected chi connectivity index (χ2v) is 6.13. The molecule has 1 amide bonds. The number of nitrogens with zero attached hydrogens (tertiary/aromatic N) is 2. The first-order valence-electron chi connectivity index (χ1n) is 6.81. The zero-order valence-electron chi connectivity index (χ0n) is 12.4. The monoisotopic (exact) mass is 272 g/mol. The molecule has 0 heterocycles. The number of nitriles is 1. The molecule has 0 saturated carbocycles. The number of benzene rings is 1. The van der Waals surface area contributed by atoms with Gasteiger partial charge in [0.1, 0.15) is 5.60 Å². The predicted octanol–water partition coefficient (Wildman–Crippen LogP) is 3.41. The molecule has 2 rings (SSSR count). The largest absolute Gasteiger partial charge is 0.444 e. The maximum Gasteiger partial charge on any atom is 0.410 e. The summed E-state index contributed by atoms with van der Waals surface area (Å²) >= 11 is 0. The van der Waals surface area contributed by atoms with Crippen LogP contribution in [0.2, 0.25) is 0 Å². The molecule has 0 saturated heterocycles. The lowest BCUT2D eigenvalue weighted by atomic mass is 10.0. The van der Waals surface area contributed by atoms with Gasteiger partial charge >= 0.3 is 6.09 Å². The van der Waals surface area contributed by atoms with Gasteiger partial charge in [0.05, 0.1) is 17.7 Å². The average molecular weight is 272 g/mol. The van der Waals surface area contributed by atoms with Gasteiger partial charge in [0.25, 0.3) is 0 Å². The Kier molecular flexibility index (Phi) is 3.71. The molecule has 0 spiro atoms. The number of carbonyl (C=O) groups is 1. The quantitative estimate of drug-likeness (QED) is 0.787. The van der Waals surface area contributed by atoms with E-state index in [1.54, 1.807) is 11.9 Å². The molecule has 20 heavy (non-hydrogen) atoms. The maximum absolute atomic E-state index is 12.1. The Bertz CT molecular complexity index is 567. The summed E-state index contributed by atoms with van der Waals surface area (Å²) in [6, 6.07) is 7.91. The molecule has 4 nitrogen and oxygen atoms in total. The highest BCUT2D eigenvalue weighted by Gasteiger charge is 2.32. The van der Waals surface area contributed by atoms with Crippen LogP contribution in [-0.4, -0.2) is 23.6 Å². The zero-order chi connectivity index (χ0) is 14.9. The molecule has 0 fully saturated rings. The zero-order valence-corrected chi connectivity index (χ0v) is 12.4. The van der Waals surface area contributed by atoms with Gasteiger partial charge in [-0.1, -0.05) is 12.1 Å². The third-order valence-corrected chi connectivity index (χ3v) is 3.51. The highest BCUT2D eigenvalue weighted by Crippen LogP contribution is 2.37. The Labute approximate surface area is 120 Å². The first-order chi connectivity index (χ1) is 9.33. The van der Waals surface area contributed by atoms with E-state index in [1.165, 1.54) is 0 Å². The summed E-state index contributed by atoms with van der Waals surface area (Å²) in [5.74, 6) is 0. The van der Waals surface area contributed by atoms with Crippen LogP contribution in [0.1, 0.15) is 49.9 Å². The van der Waals surface area contributed by atoms with Gasteiger partial charge in [-0.3, -0.25) is 0 Å². The average Bonchev–Trinajstić information content (AvgIpc) is 2.79. The molecule has 0 aromatic heterocycles. The molecule has 0 N–H and O–H groups in total. The molecule has 0 bridgehead atoms. The molecule has 4 heteroatoms. The van der Waals surface area contributed by atoms with Crippen molar-refractivity contribution in [2.24, 2.45) is 0 Å². The van der Waals surface area contributed by atoms with E-state index in [9.17, 15) is 4.79 Å². The van der Waals surface area contributed by atoms with Gasteiger partial charge in [0.15, 0.2) is 0 Å². The van der Waals surface area contributed by atoms with E-state index < -0.39 is 5.60 Å². The highest BCUT2D eigenvalue weighted by molar-refractivity contribution is 5.69. The van der Waals surface area contributed by atoms with Crippen LogP contribution in [0.25, 0.3) is 0 Å². The smallest absolute Gasteiger partial charge is 0.410 e. The molecule has 0 aliphatic heterocycles. The lowest BCUT2D eigenvalue weighted by molar-refractivity contribution is 0.0220. The van der Waals surface area contributed by atoms with Gasteiger partial charge in [-0.05, 0) is 50.8 Å². The SMILES string of the molecule is CN(C(=O)OC(C)(C)C)C1CCc2c(C#N)cccc21. The van der Waals surface area contributed by atoms with Gasteiger partial charge in [-0.25, -0.2) is 4.79 Å². The van der Waals surface area contributed by atoms with Crippen molar-refractivity contribution in [2.75, 3.05) is 7.05 Å². The van der Waals surface area contributed by atoms with Crippen LogP contribution < -0.4 is 0 Å². The van der Waals surface area contributed by atoms with Crippen LogP contribution in [0.15, 0.2) is 18.2 Å². The third kappa shape index (κ3) is 2.77. The van der Waals surface area contributed by atoms with E-state index in [1.807, 2.05) is 39.0 Å². The van der Waals surface area contributed by atoms with Crippen LogP contribution in [0.4, 0.5) is 4.79 Å². The summed E-state index contributed by atoms with van der Waals surface area (Å²) in [4.78, 5) is 13.8. The van der Waals surface area contributed by atoms with Crippen LogP contribution >= 0.6 is 0 Å². The van der Waals surface area contributed by atoms with Crippen LogP contribution in [0.3, 0.4) is 0 Å². The Balaban J connectivity index is 2.22. The molecule has 1 atom stereocenters. The lowest BCUT2D eigenvalue weighted by Crippen LogP contribution is -2.36. The second-order valence-electron chi connectivity index (χ2n) is 6.13. The fourth-order valence-electron chi connectivity index (χ4n) is 2.60. The normalized spacial score (nSPS) is 17.2. The fourth-order valence-corrected chi connectivity index (χ4v) is 2.60. The summed E-state index contributed by atoms with van der Waals surface area (Å²) < 4.78 is 5.41. The first-order valence-corrected chi connectivity index (χ1v) is 6.81. The molecule has 1 aliphatic rings. The van der Waals surface area contributed by atoms with E-state index in [2.05, 4.69) is 6.07 Å². The van der Waals surface area contributed by atoms with E-state index >= 15 is 0 Å². The molecule has 1 aliphatic carbocycles. The topological polar surface area (TPSA) is 53.3 Å². The van der Waals surface area contributed by atoms with E-state index in [0.717, 1.165) is 24.0 Å². The van der Waals surface area contributed by atoms with Gasteiger partial charge < -0.3 is 9.64 Å². The maximum atomic E-state index is 12.1. The minimum absolute atomic E-state index is 0.00634. The number of carbonyl (C=O) groups excluding carboxylic acids is 1. The minimum Gasteiger partial charge on any atom is -0.444 e. The van der Waals surface area contributed by atoms with Crippen LogP contribution in [0, 0.1) is 11.3 Å². The highest BCUT2D eigenvalue weighted by atomic mass is 16.6. The third-order valence-electron chi connectivity index (χ3n) is 3.51. The van der Waals surface area contributed by atoms with Gasteiger partial charge in [-0.2, -0.15) is 5.26 Å². The molecular weight excluding hydrogens is 252 g/mol. The van der Waals surface area contributed by atoms with Gasteiger partial charge in [0.2, 0.25) is 0 Å². The number of rotatable bonds is 1. The van der Waals surface area contributed by atoms with Gasteiger partial charge in [-0.15, -0.1) is 0 Å². The van der Waals surface area contributed by atoms with Crippen molar-refractivity contribution in [3.8, 4) is 6.07 Å². The summed E-state index contributed by atoms with van der Waals surface area (Å²) in [6.07, 6.45) is 1.35. The second kappa shape index (κ2) is 5.16. The Morgan fingerprint density at radius 2 is 2.15 bits per heavy atom. The molecule has 0 radical (unpaired) electrons. The molecule has 106 valence electrons. The molecule has 1 aromatic rings. The summed E-state index contributed by atoms with van der Waals surface area (Å²) in [5, 5.41) is 9.13. The van der Waals surface area contributed by atoms with Crippen LogP contribution in [0.5, 0.6) is 0 Å². The van der Waals surface area contributed by atoms with E-state index in [4.69, 9.17) is 10.00 Å². The van der Waals surface area contributed by atoms with Crippen molar-refractivity contribution in [1.82, 2.24) is 4.90 Å². The molecule has 1 aromatic carbocycles. The van der Waals surface area contributed by atoms with Crippen LogP contribution in [-0.2, 0) is 11.2 Å². The first kappa shape index (κ1) is 14.4. The predicted molar refractivity (Wildman–Crippen MR) is 76.2 cm³/mol. The van der Waals surface area contributed by atoms with Gasteiger partial charge in [0, 0.05) is 7.05 Å². The van der Waals surface area contributed by atoms with Crippen molar-refractivity contribution in [1.29, 1.82) is 5.26 Å². The number of hydrogen-bond donors (Lipinski definition) is 0. The Hall–Kier alpha value is -2.02. The number of hydrogen-bond acceptors (Lipinski definition) is 3. The summed E-state index contributed by atoms with van der Waals surface area (Å²) in [5.41, 5.74) is 2.34. The summed E-state index contributed by atoms with van der Waals surface area (Å²) in [7, 11) is 1.76. The number of ether oxygens (including phenoxy) is 1. The van der Waals surface area contributed by atoms with Crippen molar-refractivity contribution < 1.29 is 9.53 Å². The van der Waals surface area contributed by atoms with Crippen molar-refractivity contribution >= 4 is 6.09 Å². The fraction of sp³-hybridized carbons (Fsp3) is 0.500.